The summed E-state index contributed by atoms with van der Waals surface area (Å²) in [5.74, 6) is 0.173. The van der Waals surface area contributed by atoms with Crippen molar-refractivity contribution in [1.29, 1.82) is 0 Å². The minimum atomic E-state index is -3.64. The van der Waals surface area contributed by atoms with Gasteiger partial charge in [0.25, 0.3) is 0 Å². The lowest BCUT2D eigenvalue weighted by molar-refractivity contribution is -0.137. The highest BCUT2D eigenvalue weighted by atomic mass is 32.2. The molecule has 2 aliphatic heterocycles. The zero-order valence-corrected chi connectivity index (χ0v) is 17.3. The van der Waals surface area contributed by atoms with Crippen LogP contribution in [0.5, 0.6) is 0 Å². The maximum absolute atomic E-state index is 13.1. The van der Waals surface area contributed by atoms with Gasteiger partial charge in [-0.25, -0.2) is 8.42 Å². The lowest BCUT2D eigenvalue weighted by atomic mass is 9.98. The van der Waals surface area contributed by atoms with Crippen molar-refractivity contribution >= 4 is 26.7 Å². The van der Waals surface area contributed by atoms with Crippen molar-refractivity contribution in [2.75, 3.05) is 26.2 Å². The van der Waals surface area contributed by atoms with Crippen LogP contribution in [0.1, 0.15) is 17.9 Å². The van der Waals surface area contributed by atoms with Gasteiger partial charge >= 0.3 is 0 Å². The van der Waals surface area contributed by atoms with Crippen LogP contribution in [0, 0.1) is 5.92 Å². The van der Waals surface area contributed by atoms with Gasteiger partial charge in [0.2, 0.25) is 15.9 Å². The van der Waals surface area contributed by atoms with Crippen molar-refractivity contribution in [3.05, 3.63) is 72.6 Å². The number of pyridine rings is 1. The molecule has 30 heavy (non-hydrogen) atoms. The summed E-state index contributed by atoms with van der Waals surface area (Å²) in [6.45, 7) is 1.94. The molecular weight excluding hydrogens is 398 g/mol. The Hall–Kier alpha value is -2.77. The van der Waals surface area contributed by atoms with E-state index in [0.29, 0.717) is 17.8 Å². The van der Waals surface area contributed by atoms with Crippen LogP contribution in [0.3, 0.4) is 0 Å². The molecule has 2 aromatic carbocycles. The molecular formula is C23H23N3O3S. The molecule has 5 rings (SSSR count). The highest BCUT2D eigenvalue weighted by molar-refractivity contribution is 7.89. The number of nitrogens with zero attached hydrogens (tertiary/aromatic N) is 3. The van der Waals surface area contributed by atoms with Crippen LogP contribution in [-0.4, -0.2) is 54.7 Å². The molecule has 2 fully saturated rings. The number of carbonyl (C=O) groups excluding carboxylic acids is 1. The average Bonchev–Trinajstić information content (AvgIpc) is 3.23. The maximum atomic E-state index is 13.1. The molecule has 0 bridgehead atoms. The summed E-state index contributed by atoms with van der Waals surface area (Å²) in [6.07, 6.45) is 4.21. The number of fused-ring (bicyclic) bond motifs is 1. The molecule has 7 heteroatoms. The molecule has 0 N–H and O–H groups in total. The molecule has 0 radical (unpaired) electrons. The first-order valence-corrected chi connectivity index (χ1v) is 11.6. The summed E-state index contributed by atoms with van der Waals surface area (Å²) in [5.41, 5.74) is 1.26. The van der Waals surface area contributed by atoms with Gasteiger partial charge in [0.15, 0.2) is 0 Å². The lowest BCUT2D eigenvalue weighted by Gasteiger charge is -2.39. The first-order chi connectivity index (χ1) is 14.5. The van der Waals surface area contributed by atoms with Gasteiger partial charge in [-0.1, -0.05) is 42.5 Å². The van der Waals surface area contributed by atoms with Crippen LogP contribution in [0.4, 0.5) is 0 Å². The molecule has 1 unspecified atom stereocenters. The topological polar surface area (TPSA) is 70.6 Å². The number of hydrogen-bond donors (Lipinski definition) is 0. The van der Waals surface area contributed by atoms with E-state index in [1.807, 2.05) is 29.2 Å². The SMILES string of the molecule is O=C(C1CN(S(=O)(=O)c2cccc3cnccc23)C1)N1CCC(c2ccccc2)C1. The first kappa shape index (κ1) is 19.2. The number of sulfonamides is 1. The smallest absolute Gasteiger partial charge is 0.243 e. The largest absolute Gasteiger partial charge is 0.342 e. The summed E-state index contributed by atoms with van der Waals surface area (Å²) in [5, 5.41) is 1.45. The van der Waals surface area contributed by atoms with E-state index < -0.39 is 10.0 Å². The number of rotatable bonds is 4. The number of likely N-dealkylation sites (tertiary alicyclic amines) is 1. The van der Waals surface area contributed by atoms with E-state index in [2.05, 4.69) is 17.1 Å². The van der Waals surface area contributed by atoms with Crippen molar-refractivity contribution in [1.82, 2.24) is 14.2 Å². The second-order valence-corrected chi connectivity index (χ2v) is 9.96. The van der Waals surface area contributed by atoms with Crippen LogP contribution < -0.4 is 0 Å². The van der Waals surface area contributed by atoms with E-state index in [9.17, 15) is 13.2 Å². The van der Waals surface area contributed by atoms with Gasteiger partial charge in [-0.2, -0.15) is 4.31 Å². The summed E-state index contributed by atoms with van der Waals surface area (Å²) in [7, 11) is -3.64. The molecule has 3 heterocycles. The highest BCUT2D eigenvalue weighted by Crippen LogP contribution is 2.33. The van der Waals surface area contributed by atoms with Crippen molar-refractivity contribution in [2.45, 2.75) is 17.2 Å². The number of carbonyl (C=O) groups is 1. The Balaban J connectivity index is 1.26. The minimum Gasteiger partial charge on any atom is -0.342 e. The second-order valence-electron chi connectivity index (χ2n) is 8.05. The number of amides is 1. The van der Waals surface area contributed by atoms with Crippen molar-refractivity contribution in [3.63, 3.8) is 0 Å². The van der Waals surface area contributed by atoms with Crippen LogP contribution in [0.2, 0.25) is 0 Å². The molecule has 0 saturated carbocycles. The van der Waals surface area contributed by atoms with Gasteiger partial charge in [0, 0.05) is 55.3 Å². The van der Waals surface area contributed by atoms with Gasteiger partial charge < -0.3 is 4.90 Å². The minimum absolute atomic E-state index is 0.0713. The Morgan fingerprint density at radius 1 is 0.967 bits per heavy atom. The third-order valence-corrected chi connectivity index (χ3v) is 8.12. The molecule has 1 amide bonds. The van der Waals surface area contributed by atoms with Gasteiger partial charge in [0.1, 0.15) is 0 Å². The Morgan fingerprint density at radius 3 is 2.57 bits per heavy atom. The van der Waals surface area contributed by atoms with Gasteiger partial charge in [-0.3, -0.25) is 9.78 Å². The van der Waals surface area contributed by atoms with E-state index in [0.717, 1.165) is 18.4 Å². The zero-order chi connectivity index (χ0) is 20.7. The normalized spacial score (nSPS) is 20.4. The predicted molar refractivity (Wildman–Crippen MR) is 114 cm³/mol. The molecule has 6 nitrogen and oxygen atoms in total. The Bertz CT molecular complexity index is 1190. The van der Waals surface area contributed by atoms with Crippen molar-refractivity contribution in [2.24, 2.45) is 5.92 Å². The Kier molecular flexibility index (Phi) is 4.79. The standard InChI is InChI=1S/C23H23N3O3S/c27-23(25-12-10-19(14-25)17-5-2-1-3-6-17)20-15-26(16-20)30(28,29)22-8-4-7-18-13-24-11-9-21(18)22/h1-9,11,13,19-20H,10,12,14-16H2. The number of aromatic nitrogens is 1. The van der Waals surface area contributed by atoms with Crippen molar-refractivity contribution in [3.8, 4) is 0 Å². The van der Waals surface area contributed by atoms with Crippen LogP contribution in [0.15, 0.2) is 71.9 Å². The van der Waals surface area contributed by atoms with Gasteiger partial charge in [-0.15, -0.1) is 0 Å². The third-order valence-electron chi connectivity index (χ3n) is 6.23. The van der Waals surface area contributed by atoms with Crippen molar-refractivity contribution < 1.29 is 13.2 Å². The molecule has 1 atom stereocenters. The molecule has 2 aliphatic rings. The van der Waals surface area contributed by atoms with E-state index in [-0.39, 0.29) is 29.8 Å². The van der Waals surface area contributed by atoms with E-state index >= 15 is 0 Å². The van der Waals surface area contributed by atoms with E-state index in [1.54, 1.807) is 30.6 Å². The number of benzene rings is 2. The van der Waals surface area contributed by atoms with E-state index in [1.165, 1.54) is 9.87 Å². The monoisotopic (exact) mass is 421 g/mol. The summed E-state index contributed by atoms with van der Waals surface area (Å²) in [6, 6.07) is 17.2. The molecule has 3 aromatic rings. The third kappa shape index (κ3) is 3.28. The van der Waals surface area contributed by atoms with Crippen LogP contribution >= 0.6 is 0 Å². The fraction of sp³-hybridized carbons (Fsp3) is 0.304. The van der Waals surface area contributed by atoms with E-state index in [4.69, 9.17) is 0 Å². The maximum Gasteiger partial charge on any atom is 0.243 e. The fourth-order valence-electron chi connectivity index (χ4n) is 4.46. The lowest BCUT2D eigenvalue weighted by Crippen LogP contribution is -2.56. The fourth-order valence-corrected chi connectivity index (χ4v) is 6.21. The second kappa shape index (κ2) is 7.49. The molecule has 154 valence electrons. The molecule has 2 saturated heterocycles. The molecule has 1 aromatic heterocycles. The zero-order valence-electron chi connectivity index (χ0n) is 16.5. The quantitative estimate of drug-likeness (QED) is 0.650. The predicted octanol–water partition coefficient (Wildman–Crippen LogP) is 2.87. The first-order valence-electron chi connectivity index (χ1n) is 10.2. The van der Waals surface area contributed by atoms with Crippen LogP contribution in [-0.2, 0) is 14.8 Å². The summed E-state index contributed by atoms with van der Waals surface area (Å²) < 4.78 is 27.7. The molecule has 0 spiro atoms. The Labute approximate surface area is 176 Å². The Morgan fingerprint density at radius 2 is 1.77 bits per heavy atom. The molecule has 0 aliphatic carbocycles. The average molecular weight is 422 g/mol. The van der Waals surface area contributed by atoms with Gasteiger partial charge in [-0.05, 0) is 24.1 Å². The van der Waals surface area contributed by atoms with Crippen LogP contribution in [0.25, 0.3) is 10.8 Å². The summed E-state index contributed by atoms with van der Waals surface area (Å²) >= 11 is 0. The number of hydrogen-bond acceptors (Lipinski definition) is 4. The summed E-state index contributed by atoms with van der Waals surface area (Å²) in [4.78, 5) is 19.2. The highest BCUT2D eigenvalue weighted by Gasteiger charge is 2.43. The van der Waals surface area contributed by atoms with Gasteiger partial charge in [0.05, 0.1) is 10.8 Å².